The maximum Gasteiger partial charge on any atom is 0.180 e. The van der Waals surface area contributed by atoms with Gasteiger partial charge in [0.1, 0.15) is 5.82 Å². The van der Waals surface area contributed by atoms with Crippen LogP contribution in [0.3, 0.4) is 0 Å². The molecule has 0 bridgehead atoms. The van der Waals surface area contributed by atoms with Crippen LogP contribution in [0, 0.1) is 0 Å². The Kier molecular flexibility index (Phi) is 3.03. The predicted molar refractivity (Wildman–Crippen MR) is 50.0 cm³/mol. The summed E-state index contributed by atoms with van der Waals surface area (Å²) in [6.07, 6.45) is 3.74. The third kappa shape index (κ3) is 1.72. The van der Waals surface area contributed by atoms with Crippen molar-refractivity contribution < 1.29 is 4.39 Å². The molecule has 0 saturated carbocycles. The number of alkyl halides is 1. The van der Waals surface area contributed by atoms with Crippen molar-refractivity contribution in [1.82, 2.24) is 9.55 Å². The zero-order chi connectivity index (χ0) is 9.90. The van der Waals surface area contributed by atoms with E-state index in [0.29, 0.717) is 12.2 Å². The zero-order valence-corrected chi connectivity index (χ0v) is 8.13. The average molecular weight is 185 g/mol. The normalized spacial score (nSPS) is 15.7. The minimum atomic E-state index is -1.47. The van der Waals surface area contributed by atoms with Crippen molar-refractivity contribution in [2.24, 2.45) is 5.73 Å². The van der Waals surface area contributed by atoms with Crippen molar-refractivity contribution in [3.05, 3.63) is 18.2 Å². The van der Waals surface area contributed by atoms with Crippen molar-refractivity contribution in [3.8, 4) is 0 Å². The van der Waals surface area contributed by atoms with Crippen molar-refractivity contribution in [1.29, 1.82) is 0 Å². The van der Waals surface area contributed by atoms with Crippen LogP contribution in [-0.4, -0.2) is 16.1 Å². The number of rotatable bonds is 4. The molecule has 0 radical (unpaired) electrons. The molecule has 74 valence electrons. The topological polar surface area (TPSA) is 43.8 Å². The van der Waals surface area contributed by atoms with Crippen molar-refractivity contribution in [2.45, 2.75) is 32.5 Å². The summed E-state index contributed by atoms with van der Waals surface area (Å²) in [6, 6.07) is 0. The fraction of sp³-hybridized carbons (Fsp3) is 0.667. The number of halogens is 1. The number of aromatic nitrogens is 2. The Hall–Kier alpha value is -0.900. The second-order valence-corrected chi connectivity index (χ2v) is 3.06. The quantitative estimate of drug-likeness (QED) is 0.771. The summed E-state index contributed by atoms with van der Waals surface area (Å²) >= 11 is 0. The molecule has 0 aliphatic heterocycles. The average Bonchev–Trinajstić information content (AvgIpc) is 2.65. The highest BCUT2D eigenvalue weighted by molar-refractivity contribution is 5.05. The Morgan fingerprint density at radius 1 is 1.62 bits per heavy atom. The van der Waals surface area contributed by atoms with Gasteiger partial charge in [0.05, 0.1) is 0 Å². The number of imidazole rings is 1. The first kappa shape index (κ1) is 10.2. The van der Waals surface area contributed by atoms with Gasteiger partial charge in [0, 0.05) is 25.5 Å². The standard InChI is InChI=1S/C9H16FN3/c1-3-9(10,7-11)8-12-5-6-13(8)4-2/h5-6H,3-4,7,11H2,1-2H3. The summed E-state index contributed by atoms with van der Waals surface area (Å²) in [4.78, 5) is 4.01. The lowest BCUT2D eigenvalue weighted by Crippen LogP contribution is -2.32. The summed E-state index contributed by atoms with van der Waals surface area (Å²) in [5.41, 5.74) is 3.93. The van der Waals surface area contributed by atoms with E-state index in [1.807, 2.05) is 6.92 Å². The van der Waals surface area contributed by atoms with Crippen molar-refractivity contribution in [3.63, 3.8) is 0 Å². The van der Waals surface area contributed by atoms with Gasteiger partial charge in [-0.25, -0.2) is 9.37 Å². The van der Waals surface area contributed by atoms with Crippen LogP contribution in [0.4, 0.5) is 4.39 Å². The van der Waals surface area contributed by atoms with Crippen LogP contribution >= 0.6 is 0 Å². The van der Waals surface area contributed by atoms with Gasteiger partial charge >= 0.3 is 0 Å². The fourth-order valence-corrected chi connectivity index (χ4v) is 1.35. The van der Waals surface area contributed by atoms with Gasteiger partial charge < -0.3 is 10.3 Å². The Labute approximate surface area is 77.8 Å². The van der Waals surface area contributed by atoms with E-state index >= 15 is 0 Å². The molecule has 0 aliphatic rings. The molecule has 1 aromatic rings. The van der Waals surface area contributed by atoms with Crippen LogP contribution in [0.15, 0.2) is 12.4 Å². The molecule has 1 rings (SSSR count). The Balaban J connectivity index is 3.03. The van der Waals surface area contributed by atoms with Gasteiger partial charge in [-0.1, -0.05) is 6.92 Å². The SMILES string of the molecule is CCn1ccnc1C(F)(CC)CN. The third-order valence-corrected chi connectivity index (χ3v) is 2.34. The van der Waals surface area contributed by atoms with Crippen LogP contribution in [0.25, 0.3) is 0 Å². The molecule has 0 fully saturated rings. The van der Waals surface area contributed by atoms with E-state index in [4.69, 9.17) is 5.73 Å². The first-order chi connectivity index (χ1) is 6.18. The van der Waals surface area contributed by atoms with E-state index in [2.05, 4.69) is 4.98 Å². The summed E-state index contributed by atoms with van der Waals surface area (Å²) in [5, 5.41) is 0. The highest BCUT2D eigenvalue weighted by atomic mass is 19.1. The summed E-state index contributed by atoms with van der Waals surface area (Å²) in [5.74, 6) is 0.444. The number of nitrogens with zero attached hydrogens (tertiary/aromatic N) is 2. The van der Waals surface area contributed by atoms with Gasteiger partial charge in [-0.3, -0.25) is 0 Å². The third-order valence-electron chi connectivity index (χ3n) is 2.34. The molecular formula is C9H16FN3. The molecule has 0 saturated heterocycles. The lowest BCUT2D eigenvalue weighted by atomic mass is 10.0. The van der Waals surface area contributed by atoms with Gasteiger partial charge in [-0.2, -0.15) is 0 Å². The summed E-state index contributed by atoms with van der Waals surface area (Å²) in [7, 11) is 0. The van der Waals surface area contributed by atoms with Gasteiger partial charge in [0.15, 0.2) is 5.67 Å². The van der Waals surface area contributed by atoms with E-state index in [1.165, 1.54) is 0 Å². The molecule has 1 aromatic heterocycles. The highest BCUT2D eigenvalue weighted by Crippen LogP contribution is 2.26. The molecule has 2 N–H and O–H groups in total. The monoisotopic (exact) mass is 185 g/mol. The molecule has 1 atom stereocenters. The molecule has 0 aromatic carbocycles. The maximum atomic E-state index is 14.1. The Morgan fingerprint density at radius 2 is 2.31 bits per heavy atom. The Morgan fingerprint density at radius 3 is 2.77 bits per heavy atom. The highest BCUT2D eigenvalue weighted by Gasteiger charge is 2.32. The number of nitrogens with two attached hydrogens (primary N) is 1. The van der Waals surface area contributed by atoms with Crippen molar-refractivity contribution >= 4 is 0 Å². The molecule has 4 heteroatoms. The second-order valence-electron chi connectivity index (χ2n) is 3.06. The largest absolute Gasteiger partial charge is 0.332 e. The lowest BCUT2D eigenvalue weighted by molar-refractivity contribution is 0.150. The Bertz CT molecular complexity index is 266. The first-order valence-corrected chi connectivity index (χ1v) is 4.58. The molecule has 13 heavy (non-hydrogen) atoms. The molecule has 0 amide bonds. The molecule has 1 heterocycles. The van der Waals surface area contributed by atoms with Gasteiger partial charge in [-0.05, 0) is 13.3 Å². The van der Waals surface area contributed by atoms with Crippen LogP contribution in [0.5, 0.6) is 0 Å². The van der Waals surface area contributed by atoms with E-state index in [-0.39, 0.29) is 6.54 Å². The predicted octanol–water partition coefficient (Wildman–Crippen LogP) is 1.44. The second kappa shape index (κ2) is 3.87. The summed E-state index contributed by atoms with van der Waals surface area (Å²) in [6.45, 7) is 4.45. The molecule has 0 aliphatic carbocycles. The summed E-state index contributed by atoms with van der Waals surface area (Å²) < 4.78 is 15.8. The van der Waals surface area contributed by atoms with E-state index in [9.17, 15) is 4.39 Å². The van der Waals surface area contributed by atoms with Crippen LogP contribution in [0.1, 0.15) is 26.1 Å². The van der Waals surface area contributed by atoms with Crippen LogP contribution in [0.2, 0.25) is 0 Å². The van der Waals surface area contributed by atoms with E-state index in [0.717, 1.165) is 6.54 Å². The first-order valence-electron chi connectivity index (χ1n) is 4.58. The van der Waals surface area contributed by atoms with Crippen LogP contribution < -0.4 is 5.73 Å². The van der Waals surface area contributed by atoms with E-state index in [1.54, 1.807) is 23.9 Å². The minimum absolute atomic E-state index is 0.0134. The fourth-order valence-electron chi connectivity index (χ4n) is 1.35. The number of hydrogen-bond acceptors (Lipinski definition) is 2. The lowest BCUT2D eigenvalue weighted by Gasteiger charge is -2.21. The van der Waals surface area contributed by atoms with Crippen molar-refractivity contribution in [2.75, 3.05) is 6.54 Å². The molecule has 1 unspecified atom stereocenters. The van der Waals surface area contributed by atoms with Gasteiger partial charge in [0.25, 0.3) is 0 Å². The zero-order valence-electron chi connectivity index (χ0n) is 8.13. The minimum Gasteiger partial charge on any atom is -0.332 e. The van der Waals surface area contributed by atoms with Crippen LogP contribution in [-0.2, 0) is 12.2 Å². The van der Waals surface area contributed by atoms with Gasteiger partial charge in [-0.15, -0.1) is 0 Å². The molecular weight excluding hydrogens is 169 g/mol. The maximum absolute atomic E-state index is 14.1. The molecule has 3 nitrogen and oxygen atoms in total. The van der Waals surface area contributed by atoms with Gasteiger partial charge in [0.2, 0.25) is 0 Å². The number of hydrogen-bond donors (Lipinski definition) is 1. The smallest absolute Gasteiger partial charge is 0.180 e. The van der Waals surface area contributed by atoms with E-state index < -0.39 is 5.67 Å². The number of aryl methyl sites for hydroxylation is 1. The molecule has 0 spiro atoms.